The molecule has 1 N–H and O–H groups in total. The van der Waals surface area contributed by atoms with E-state index < -0.39 is 30.4 Å². The van der Waals surface area contributed by atoms with Crippen LogP contribution in [0.4, 0.5) is 0 Å². The summed E-state index contributed by atoms with van der Waals surface area (Å²) in [6.07, 6.45) is 19.1. The topological polar surface area (TPSA) is 89.9 Å². The van der Waals surface area contributed by atoms with E-state index in [2.05, 4.69) is 36.0 Å². The number of rotatable bonds is 18. The highest BCUT2D eigenvalue weighted by Crippen LogP contribution is 2.10. The molecule has 0 fully saturated rings. The van der Waals surface area contributed by atoms with Crippen molar-refractivity contribution < 1.29 is 29.0 Å². The van der Waals surface area contributed by atoms with E-state index in [0.29, 0.717) is 6.42 Å². The van der Waals surface area contributed by atoms with E-state index in [4.69, 9.17) is 9.84 Å². The number of esters is 2. The van der Waals surface area contributed by atoms with Gasteiger partial charge in [-0.05, 0) is 38.5 Å². The second kappa shape index (κ2) is 19.2. The minimum atomic E-state index is -1.37. The molecule has 0 aliphatic heterocycles. The van der Waals surface area contributed by atoms with E-state index in [0.717, 1.165) is 45.6 Å². The molecule has 166 valence electrons. The van der Waals surface area contributed by atoms with Gasteiger partial charge in [-0.15, -0.1) is 0 Å². The Hall–Kier alpha value is -2.11. The smallest absolute Gasteiger partial charge is 0.347 e. The average molecular weight is 411 g/mol. The van der Waals surface area contributed by atoms with Crippen molar-refractivity contribution in [2.24, 2.45) is 0 Å². The lowest BCUT2D eigenvalue weighted by Crippen LogP contribution is -2.30. The van der Waals surface area contributed by atoms with Crippen LogP contribution in [0.25, 0.3) is 0 Å². The molecule has 29 heavy (non-hydrogen) atoms. The van der Waals surface area contributed by atoms with Crippen LogP contribution in [0, 0.1) is 0 Å². The molecule has 6 nitrogen and oxygen atoms in total. The van der Waals surface area contributed by atoms with E-state index in [-0.39, 0.29) is 6.42 Å². The van der Waals surface area contributed by atoms with E-state index in [1.165, 1.54) is 25.7 Å². The highest BCUT2D eigenvalue weighted by molar-refractivity contribution is 5.83. The number of unbranched alkanes of at least 4 members (excludes halogenated alkanes) is 8. The molecule has 0 spiro atoms. The van der Waals surface area contributed by atoms with Crippen molar-refractivity contribution in [1.29, 1.82) is 0 Å². The van der Waals surface area contributed by atoms with Crippen LogP contribution in [-0.4, -0.2) is 36.2 Å². The van der Waals surface area contributed by atoms with Gasteiger partial charge in [0.2, 0.25) is 6.10 Å². The summed E-state index contributed by atoms with van der Waals surface area (Å²) in [6, 6.07) is 0. The number of carboxylic acids is 1. The highest BCUT2D eigenvalue weighted by atomic mass is 16.6. The minimum Gasteiger partial charge on any atom is -0.481 e. The maximum atomic E-state index is 11.8. The van der Waals surface area contributed by atoms with Crippen molar-refractivity contribution in [3.63, 3.8) is 0 Å². The molecule has 6 heteroatoms. The van der Waals surface area contributed by atoms with Gasteiger partial charge in [-0.1, -0.05) is 63.3 Å². The number of carbonyl (C=O) groups is 3. The SMILES string of the molecule is CCCCC/C=C\C/C=C\CCCCCCCC(=O)O[C@H](CC(=O)O)C(=O)OC. The molecular formula is C23H38O6. The zero-order valence-corrected chi connectivity index (χ0v) is 18.1. The van der Waals surface area contributed by atoms with Crippen molar-refractivity contribution in [2.45, 2.75) is 96.5 Å². The van der Waals surface area contributed by atoms with Gasteiger partial charge in [-0.25, -0.2) is 4.79 Å². The molecule has 0 aliphatic rings. The van der Waals surface area contributed by atoms with Gasteiger partial charge in [0.1, 0.15) is 0 Å². The van der Waals surface area contributed by atoms with Crippen LogP contribution in [0.2, 0.25) is 0 Å². The maximum absolute atomic E-state index is 11.8. The third-order valence-corrected chi connectivity index (χ3v) is 4.43. The average Bonchev–Trinajstić information content (AvgIpc) is 2.69. The summed E-state index contributed by atoms with van der Waals surface area (Å²) < 4.78 is 9.38. The summed E-state index contributed by atoms with van der Waals surface area (Å²) >= 11 is 0. The lowest BCUT2D eigenvalue weighted by Gasteiger charge is -2.13. The predicted octanol–water partition coefficient (Wildman–Crippen LogP) is 5.36. The lowest BCUT2D eigenvalue weighted by atomic mass is 10.1. The molecule has 0 radical (unpaired) electrons. The molecule has 0 aromatic carbocycles. The summed E-state index contributed by atoms with van der Waals surface area (Å²) in [7, 11) is 1.13. The van der Waals surface area contributed by atoms with Crippen LogP contribution >= 0.6 is 0 Å². The standard InChI is InChI=1S/C23H38O6/c1-3-4-5-6-7-8-9-10-11-12-13-14-15-16-17-18-22(26)29-20(19-21(24)25)23(27)28-2/h7-8,10-11,20H,3-6,9,12-19H2,1-2H3,(H,24,25)/b8-7-,11-10-/t20-/m1/s1. The lowest BCUT2D eigenvalue weighted by molar-refractivity contribution is -0.169. The number of allylic oxidation sites excluding steroid dienone is 4. The number of carboxylic acid groups (broad SMARTS) is 1. The Bertz CT molecular complexity index is 509. The zero-order valence-electron chi connectivity index (χ0n) is 18.1. The molecule has 0 aromatic rings. The first-order valence-corrected chi connectivity index (χ1v) is 10.8. The molecular weight excluding hydrogens is 372 g/mol. The summed E-state index contributed by atoms with van der Waals surface area (Å²) in [4.78, 5) is 33.9. The van der Waals surface area contributed by atoms with Crippen LogP contribution in [0.5, 0.6) is 0 Å². The number of methoxy groups -OCH3 is 1. The van der Waals surface area contributed by atoms with Crippen LogP contribution in [0.1, 0.15) is 90.4 Å². The first-order valence-electron chi connectivity index (χ1n) is 10.8. The van der Waals surface area contributed by atoms with Gasteiger partial charge in [0.05, 0.1) is 13.5 Å². The number of aliphatic carboxylic acids is 1. The molecule has 0 heterocycles. The molecule has 0 aromatic heterocycles. The number of hydrogen-bond donors (Lipinski definition) is 1. The summed E-state index contributed by atoms with van der Waals surface area (Å²) in [5.74, 6) is -2.63. The van der Waals surface area contributed by atoms with Crippen molar-refractivity contribution >= 4 is 17.9 Å². The summed E-state index contributed by atoms with van der Waals surface area (Å²) in [6.45, 7) is 2.22. The van der Waals surface area contributed by atoms with Gasteiger partial charge in [-0.2, -0.15) is 0 Å². The quantitative estimate of drug-likeness (QED) is 0.186. The fourth-order valence-corrected chi connectivity index (χ4v) is 2.76. The Morgan fingerprint density at radius 1 is 0.862 bits per heavy atom. The minimum absolute atomic E-state index is 0.178. The van der Waals surface area contributed by atoms with Crippen molar-refractivity contribution in [3.8, 4) is 0 Å². The van der Waals surface area contributed by atoms with Gasteiger partial charge in [0, 0.05) is 6.42 Å². The van der Waals surface area contributed by atoms with Gasteiger partial charge in [-0.3, -0.25) is 9.59 Å². The maximum Gasteiger partial charge on any atom is 0.347 e. The Morgan fingerprint density at radius 2 is 1.45 bits per heavy atom. The Balaban J connectivity index is 3.66. The van der Waals surface area contributed by atoms with E-state index >= 15 is 0 Å². The molecule has 0 unspecified atom stereocenters. The second-order valence-corrected chi connectivity index (χ2v) is 7.08. The zero-order chi connectivity index (χ0) is 21.7. The van der Waals surface area contributed by atoms with E-state index in [9.17, 15) is 14.4 Å². The fourth-order valence-electron chi connectivity index (χ4n) is 2.76. The highest BCUT2D eigenvalue weighted by Gasteiger charge is 2.26. The van der Waals surface area contributed by atoms with Crippen molar-refractivity contribution in [1.82, 2.24) is 0 Å². The fraction of sp³-hybridized carbons (Fsp3) is 0.696. The van der Waals surface area contributed by atoms with E-state index in [1.54, 1.807) is 0 Å². The Labute approximate surface area is 175 Å². The number of ether oxygens (including phenoxy) is 2. The molecule has 0 amide bonds. The van der Waals surface area contributed by atoms with Crippen LogP contribution in [0.15, 0.2) is 24.3 Å². The van der Waals surface area contributed by atoms with E-state index in [1.807, 2.05) is 0 Å². The number of hydrogen-bond acceptors (Lipinski definition) is 5. The Kier molecular flexibility index (Phi) is 17.8. The van der Waals surface area contributed by atoms with Crippen LogP contribution in [-0.2, 0) is 23.9 Å². The first kappa shape index (κ1) is 26.9. The van der Waals surface area contributed by atoms with Crippen LogP contribution in [0.3, 0.4) is 0 Å². The van der Waals surface area contributed by atoms with Gasteiger partial charge in [0.25, 0.3) is 0 Å². The van der Waals surface area contributed by atoms with Crippen LogP contribution < -0.4 is 0 Å². The van der Waals surface area contributed by atoms with Gasteiger partial charge >= 0.3 is 17.9 Å². The molecule has 0 rings (SSSR count). The molecule has 0 aliphatic carbocycles. The van der Waals surface area contributed by atoms with Crippen molar-refractivity contribution in [3.05, 3.63) is 24.3 Å². The number of carbonyl (C=O) groups excluding carboxylic acids is 2. The normalized spacial score (nSPS) is 12.3. The summed E-state index contributed by atoms with van der Waals surface area (Å²) in [5, 5.41) is 8.75. The first-order chi connectivity index (χ1) is 14.0. The second-order valence-electron chi connectivity index (χ2n) is 7.08. The molecule has 0 bridgehead atoms. The third kappa shape index (κ3) is 17.7. The Morgan fingerprint density at radius 3 is 2.03 bits per heavy atom. The summed E-state index contributed by atoms with van der Waals surface area (Å²) in [5.41, 5.74) is 0. The molecule has 0 saturated heterocycles. The van der Waals surface area contributed by atoms with Crippen molar-refractivity contribution in [2.75, 3.05) is 7.11 Å². The van der Waals surface area contributed by atoms with Gasteiger partial charge < -0.3 is 14.6 Å². The molecule has 0 saturated carbocycles. The predicted molar refractivity (Wildman–Crippen MR) is 114 cm³/mol. The van der Waals surface area contributed by atoms with Gasteiger partial charge in [0.15, 0.2) is 0 Å². The largest absolute Gasteiger partial charge is 0.481 e. The molecule has 1 atom stereocenters. The monoisotopic (exact) mass is 410 g/mol. The third-order valence-electron chi connectivity index (χ3n) is 4.43.